The van der Waals surface area contributed by atoms with Crippen LogP contribution in [-0.2, 0) is 6.42 Å². The van der Waals surface area contributed by atoms with Gasteiger partial charge in [-0.2, -0.15) is 0 Å². The number of halogens is 2. The molecule has 0 spiro atoms. The third kappa shape index (κ3) is 2.84. The van der Waals surface area contributed by atoms with Crippen LogP contribution >= 0.6 is 23.2 Å². The van der Waals surface area contributed by atoms with Crippen molar-refractivity contribution < 1.29 is 0 Å². The van der Waals surface area contributed by atoms with Crippen LogP contribution in [-0.4, -0.2) is 0 Å². The summed E-state index contributed by atoms with van der Waals surface area (Å²) in [5.74, 6) is 0. The first-order valence-corrected chi connectivity index (χ1v) is 5.89. The predicted octanol–water partition coefficient (Wildman–Crippen LogP) is 3.75. The Kier molecular flexibility index (Phi) is 3.46. The molecule has 4 heteroatoms. The van der Waals surface area contributed by atoms with Crippen LogP contribution < -0.4 is 11.5 Å². The van der Waals surface area contributed by atoms with Crippen LogP contribution in [0.3, 0.4) is 0 Å². The number of rotatable bonds is 2. The van der Waals surface area contributed by atoms with Gasteiger partial charge in [0, 0.05) is 27.8 Å². The largest absolute Gasteiger partial charge is 0.398 e. The number of anilines is 2. The van der Waals surface area contributed by atoms with Crippen LogP contribution in [0, 0.1) is 0 Å². The molecular formula is C13H12Cl2N2. The second-order valence-corrected chi connectivity index (χ2v) is 4.74. The molecule has 0 aromatic heterocycles. The predicted molar refractivity (Wildman–Crippen MR) is 74.5 cm³/mol. The van der Waals surface area contributed by atoms with Gasteiger partial charge in [-0.3, -0.25) is 0 Å². The van der Waals surface area contributed by atoms with Gasteiger partial charge in [0.25, 0.3) is 0 Å². The Labute approximate surface area is 110 Å². The van der Waals surface area contributed by atoms with Crippen LogP contribution in [0.5, 0.6) is 0 Å². The summed E-state index contributed by atoms with van der Waals surface area (Å²) in [6, 6.07) is 10.8. The average Bonchev–Trinajstić information content (AvgIpc) is 2.28. The zero-order chi connectivity index (χ0) is 12.4. The summed E-state index contributed by atoms with van der Waals surface area (Å²) in [7, 11) is 0. The van der Waals surface area contributed by atoms with E-state index in [9.17, 15) is 0 Å². The topological polar surface area (TPSA) is 52.0 Å². The molecular weight excluding hydrogens is 255 g/mol. The maximum atomic E-state index is 5.94. The van der Waals surface area contributed by atoms with Gasteiger partial charge in [-0.15, -0.1) is 0 Å². The molecule has 0 amide bonds. The molecule has 88 valence electrons. The monoisotopic (exact) mass is 266 g/mol. The number of nitrogens with two attached hydrogens (primary N) is 2. The molecule has 2 nitrogen and oxygen atoms in total. The van der Waals surface area contributed by atoms with Crippen LogP contribution in [0.4, 0.5) is 11.4 Å². The van der Waals surface area contributed by atoms with Crippen LogP contribution in [0.15, 0.2) is 36.4 Å². The Morgan fingerprint density at radius 3 is 1.59 bits per heavy atom. The summed E-state index contributed by atoms with van der Waals surface area (Å²) in [5, 5.41) is 1.32. The Hall–Kier alpha value is -1.38. The number of hydrogen-bond acceptors (Lipinski definition) is 2. The van der Waals surface area contributed by atoms with Crippen LogP contribution in [0.25, 0.3) is 0 Å². The Morgan fingerprint density at radius 1 is 0.765 bits per heavy atom. The van der Waals surface area contributed by atoms with E-state index in [-0.39, 0.29) is 0 Å². The summed E-state index contributed by atoms with van der Waals surface area (Å²) in [6.45, 7) is 0. The minimum absolute atomic E-state index is 0.624. The van der Waals surface area contributed by atoms with Crippen molar-refractivity contribution in [3.63, 3.8) is 0 Å². The van der Waals surface area contributed by atoms with E-state index in [0.717, 1.165) is 11.1 Å². The summed E-state index contributed by atoms with van der Waals surface area (Å²) in [4.78, 5) is 0. The average molecular weight is 267 g/mol. The highest BCUT2D eigenvalue weighted by Crippen LogP contribution is 2.25. The SMILES string of the molecule is Nc1ccc(Cl)cc1Cc1cc(Cl)ccc1N. The highest BCUT2D eigenvalue weighted by molar-refractivity contribution is 6.31. The Morgan fingerprint density at radius 2 is 1.18 bits per heavy atom. The van der Waals surface area contributed by atoms with E-state index in [1.807, 2.05) is 12.1 Å². The maximum absolute atomic E-state index is 5.94. The lowest BCUT2D eigenvalue weighted by atomic mass is 10.0. The number of hydrogen-bond donors (Lipinski definition) is 2. The lowest BCUT2D eigenvalue weighted by Gasteiger charge is -2.09. The van der Waals surface area contributed by atoms with Crippen molar-refractivity contribution in [3.05, 3.63) is 57.6 Å². The minimum atomic E-state index is 0.624. The van der Waals surface area contributed by atoms with Crippen molar-refractivity contribution in [1.82, 2.24) is 0 Å². The highest BCUT2D eigenvalue weighted by atomic mass is 35.5. The molecule has 0 aliphatic carbocycles. The lowest BCUT2D eigenvalue weighted by Crippen LogP contribution is -1.99. The molecule has 0 aliphatic heterocycles. The van der Waals surface area contributed by atoms with Crippen molar-refractivity contribution in [2.24, 2.45) is 0 Å². The fourth-order valence-electron chi connectivity index (χ4n) is 1.66. The molecule has 2 aromatic rings. The summed E-state index contributed by atoms with van der Waals surface area (Å²) in [6.07, 6.45) is 0.624. The number of nitrogen functional groups attached to an aromatic ring is 2. The quantitative estimate of drug-likeness (QED) is 0.814. The van der Waals surface area contributed by atoms with Crippen molar-refractivity contribution in [2.75, 3.05) is 11.5 Å². The summed E-state index contributed by atoms with van der Waals surface area (Å²) in [5.41, 5.74) is 15.1. The fraction of sp³-hybridized carbons (Fsp3) is 0.0769. The Balaban J connectivity index is 2.37. The van der Waals surface area contributed by atoms with Crippen molar-refractivity contribution in [1.29, 1.82) is 0 Å². The molecule has 0 saturated carbocycles. The van der Waals surface area contributed by atoms with E-state index in [4.69, 9.17) is 34.7 Å². The van der Waals surface area contributed by atoms with Gasteiger partial charge in [0.15, 0.2) is 0 Å². The van der Waals surface area contributed by atoms with E-state index in [2.05, 4.69) is 0 Å². The molecule has 0 atom stereocenters. The van der Waals surface area contributed by atoms with Gasteiger partial charge in [-0.25, -0.2) is 0 Å². The van der Waals surface area contributed by atoms with E-state index in [1.165, 1.54) is 0 Å². The molecule has 0 aliphatic rings. The van der Waals surface area contributed by atoms with Crippen molar-refractivity contribution >= 4 is 34.6 Å². The Bertz CT molecular complexity index is 504. The minimum Gasteiger partial charge on any atom is -0.398 e. The fourth-order valence-corrected chi connectivity index (χ4v) is 2.05. The smallest absolute Gasteiger partial charge is 0.0410 e. The molecule has 0 heterocycles. The third-order valence-corrected chi connectivity index (χ3v) is 3.06. The second kappa shape index (κ2) is 4.86. The zero-order valence-corrected chi connectivity index (χ0v) is 10.6. The highest BCUT2D eigenvalue weighted by Gasteiger charge is 2.05. The van der Waals surface area contributed by atoms with Gasteiger partial charge in [0.05, 0.1) is 0 Å². The third-order valence-electron chi connectivity index (χ3n) is 2.59. The lowest BCUT2D eigenvalue weighted by molar-refractivity contribution is 1.20. The summed E-state index contributed by atoms with van der Waals surface area (Å²) < 4.78 is 0. The van der Waals surface area contributed by atoms with Gasteiger partial charge in [-0.05, 0) is 47.5 Å². The molecule has 2 aromatic carbocycles. The van der Waals surface area contributed by atoms with Crippen molar-refractivity contribution in [2.45, 2.75) is 6.42 Å². The first-order chi connectivity index (χ1) is 8.06. The van der Waals surface area contributed by atoms with Crippen LogP contribution in [0.1, 0.15) is 11.1 Å². The summed E-state index contributed by atoms with van der Waals surface area (Å²) >= 11 is 11.9. The van der Waals surface area contributed by atoms with Gasteiger partial charge in [0.2, 0.25) is 0 Å². The van der Waals surface area contributed by atoms with E-state index in [1.54, 1.807) is 24.3 Å². The maximum Gasteiger partial charge on any atom is 0.0410 e. The molecule has 2 rings (SSSR count). The van der Waals surface area contributed by atoms with Gasteiger partial charge < -0.3 is 11.5 Å². The molecule has 0 bridgehead atoms. The molecule has 0 saturated heterocycles. The van der Waals surface area contributed by atoms with Crippen LogP contribution in [0.2, 0.25) is 10.0 Å². The zero-order valence-electron chi connectivity index (χ0n) is 9.08. The molecule has 17 heavy (non-hydrogen) atoms. The molecule has 4 N–H and O–H groups in total. The standard InChI is InChI=1S/C13H12Cl2N2/c14-10-1-3-12(16)8(6-10)5-9-7-11(15)2-4-13(9)17/h1-4,6-7H,5,16-17H2. The van der Waals surface area contributed by atoms with Crippen molar-refractivity contribution in [3.8, 4) is 0 Å². The van der Waals surface area contributed by atoms with E-state index < -0.39 is 0 Å². The normalized spacial score (nSPS) is 10.5. The van der Waals surface area contributed by atoms with E-state index >= 15 is 0 Å². The van der Waals surface area contributed by atoms with Gasteiger partial charge in [-0.1, -0.05) is 23.2 Å². The number of benzene rings is 2. The van der Waals surface area contributed by atoms with E-state index in [0.29, 0.717) is 27.8 Å². The molecule has 0 fully saturated rings. The first-order valence-electron chi connectivity index (χ1n) is 5.14. The van der Waals surface area contributed by atoms with Gasteiger partial charge >= 0.3 is 0 Å². The molecule has 0 unspecified atom stereocenters. The molecule has 0 radical (unpaired) electrons. The first kappa shape index (κ1) is 12.1. The second-order valence-electron chi connectivity index (χ2n) is 3.86. The van der Waals surface area contributed by atoms with Gasteiger partial charge in [0.1, 0.15) is 0 Å².